The van der Waals surface area contributed by atoms with Crippen LogP contribution < -0.4 is 0 Å². The molecule has 1 saturated heterocycles. The average Bonchev–Trinajstić information content (AvgIpc) is 3.42. The zero-order valence-corrected chi connectivity index (χ0v) is 34.6. The Morgan fingerprint density at radius 1 is 0.519 bits per heavy atom. The van der Waals surface area contributed by atoms with E-state index in [9.17, 15) is 9.90 Å². The van der Waals surface area contributed by atoms with Crippen molar-refractivity contribution >= 4 is 5.97 Å². The van der Waals surface area contributed by atoms with E-state index in [0.717, 1.165) is 65.0 Å². The van der Waals surface area contributed by atoms with E-state index in [0.29, 0.717) is 13.2 Å². The van der Waals surface area contributed by atoms with Gasteiger partial charge in [0, 0.05) is 39.6 Å². The van der Waals surface area contributed by atoms with Gasteiger partial charge in [-0.05, 0) is 52.6 Å². The van der Waals surface area contributed by atoms with Crippen molar-refractivity contribution in [2.24, 2.45) is 0 Å². The summed E-state index contributed by atoms with van der Waals surface area (Å²) < 4.78 is 35.3. The Labute approximate surface area is 320 Å². The number of rotatable bonds is 40. The number of carbonyl (C=O) groups is 1. The van der Waals surface area contributed by atoms with Crippen LogP contribution in [0.5, 0.6) is 0 Å². The summed E-state index contributed by atoms with van der Waals surface area (Å²) in [5.41, 5.74) is 0. The van der Waals surface area contributed by atoms with Gasteiger partial charge in [-0.1, -0.05) is 142 Å². The fourth-order valence-corrected chi connectivity index (χ4v) is 6.69. The van der Waals surface area contributed by atoms with E-state index < -0.39 is 24.6 Å². The molecule has 52 heavy (non-hydrogen) atoms. The third-order valence-electron chi connectivity index (χ3n) is 9.91. The topological polar surface area (TPSA) is 95.9 Å². The van der Waals surface area contributed by atoms with E-state index >= 15 is 0 Å². The second-order valence-electron chi connectivity index (χ2n) is 15.4. The van der Waals surface area contributed by atoms with Crippen molar-refractivity contribution in [3.05, 3.63) is 0 Å². The highest BCUT2D eigenvalue weighted by atomic mass is 16.7. The predicted molar refractivity (Wildman–Crippen MR) is 213 cm³/mol. The summed E-state index contributed by atoms with van der Waals surface area (Å²) in [5.74, 6) is -0.323. The zero-order valence-electron chi connectivity index (χ0n) is 34.6. The molecule has 9 heteroatoms. The summed E-state index contributed by atoms with van der Waals surface area (Å²) in [6.45, 7) is 9.48. The smallest absolute Gasteiger partial charge is 0.320 e. The maximum absolute atomic E-state index is 12.2. The van der Waals surface area contributed by atoms with Crippen molar-refractivity contribution in [2.75, 3.05) is 66.9 Å². The van der Waals surface area contributed by atoms with Gasteiger partial charge in [0.25, 0.3) is 0 Å². The molecule has 9 nitrogen and oxygen atoms in total. The Kier molecular flexibility index (Phi) is 35.1. The Morgan fingerprint density at radius 2 is 0.865 bits per heavy atom. The molecule has 1 heterocycles. The number of unbranched alkanes of at least 4 members (excludes halogenated alkanes) is 22. The molecule has 1 aliphatic heterocycles. The summed E-state index contributed by atoms with van der Waals surface area (Å²) in [5, 5.41) is 10.7. The first kappa shape index (κ1) is 49.2. The lowest BCUT2D eigenvalue weighted by Crippen LogP contribution is -2.40. The van der Waals surface area contributed by atoms with E-state index in [-0.39, 0.29) is 19.1 Å². The highest BCUT2D eigenvalue weighted by molar-refractivity contribution is 5.71. The summed E-state index contributed by atoms with van der Waals surface area (Å²) >= 11 is 0. The molecule has 1 fully saturated rings. The van der Waals surface area contributed by atoms with Crippen LogP contribution in [0.4, 0.5) is 0 Å². The molecule has 0 bridgehead atoms. The Bertz CT molecular complexity index is 757. The van der Waals surface area contributed by atoms with Crippen LogP contribution in [-0.2, 0) is 33.2 Å². The second kappa shape index (κ2) is 37.1. The fourth-order valence-electron chi connectivity index (χ4n) is 6.69. The molecule has 1 N–H and O–H groups in total. The maximum atomic E-state index is 12.2. The third-order valence-corrected chi connectivity index (χ3v) is 9.91. The summed E-state index contributed by atoms with van der Waals surface area (Å²) in [6, 6.07) is 0. The Morgan fingerprint density at radius 3 is 1.25 bits per heavy atom. The van der Waals surface area contributed by atoms with Crippen molar-refractivity contribution in [3.63, 3.8) is 0 Å². The van der Waals surface area contributed by atoms with Gasteiger partial charge in [0.2, 0.25) is 0 Å². The quantitative estimate of drug-likeness (QED) is 0.0486. The molecule has 0 radical (unpaired) electrons. The molecule has 1 rings (SSSR count). The Balaban J connectivity index is 2.19. The van der Waals surface area contributed by atoms with Gasteiger partial charge in [0.1, 0.15) is 24.9 Å². The first-order valence-corrected chi connectivity index (χ1v) is 22.0. The van der Waals surface area contributed by atoms with E-state index in [1.165, 1.54) is 128 Å². The summed E-state index contributed by atoms with van der Waals surface area (Å²) in [7, 11) is 3.65. The SMILES string of the molecule is CCCCCCCCOCCCCCCCCCOC1[C@@H](COC(=O)CN(C)C)O[C@@H](O)[C@H]1OCCCCCCCCCOCCCCCCCC. The number of aliphatic hydroxyl groups is 1. The van der Waals surface area contributed by atoms with Gasteiger partial charge in [0.15, 0.2) is 6.29 Å². The monoisotopic (exact) mass is 744 g/mol. The van der Waals surface area contributed by atoms with Gasteiger partial charge in [-0.2, -0.15) is 0 Å². The van der Waals surface area contributed by atoms with Gasteiger partial charge in [-0.3, -0.25) is 9.69 Å². The number of hydrogen-bond acceptors (Lipinski definition) is 9. The van der Waals surface area contributed by atoms with Crippen molar-refractivity contribution in [2.45, 2.75) is 205 Å². The lowest BCUT2D eigenvalue weighted by molar-refractivity contribution is -0.161. The molecule has 0 aromatic rings. The van der Waals surface area contributed by atoms with Gasteiger partial charge in [-0.25, -0.2) is 0 Å². The lowest BCUT2D eigenvalue weighted by Gasteiger charge is -2.24. The molecule has 0 spiro atoms. The molecule has 0 saturated carbocycles. The molecule has 0 aromatic carbocycles. The first-order valence-electron chi connectivity index (χ1n) is 22.0. The molecule has 310 valence electrons. The molecule has 4 atom stereocenters. The fraction of sp³-hybridized carbons (Fsp3) is 0.977. The molecule has 0 aromatic heterocycles. The van der Waals surface area contributed by atoms with Gasteiger partial charge < -0.3 is 33.5 Å². The van der Waals surface area contributed by atoms with E-state index in [1.54, 1.807) is 4.90 Å². The van der Waals surface area contributed by atoms with Gasteiger partial charge in [0.05, 0.1) is 6.54 Å². The number of aliphatic hydroxyl groups excluding tert-OH is 1. The number of hydrogen-bond donors (Lipinski definition) is 1. The van der Waals surface area contributed by atoms with Crippen molar-refractivity contribution in [3.8, 4) is 0 Å². The van der Waals surface area contributed by atoms with Crippen LogP contribution in [0.25, 0.3) is 0 Å². The van der Waals surface area contributed by atoms with E-state index in [2.05, 4.69) is 13.8 Å². The van der Waals surface area contributed by atoms with Crippen LogP contribution in [0.2, 0.25) is 0 Å². The molecule has 1 aliphatic rings. The minimum atomic E-state index is -1.10. The average molecular weight is 744 g/mol. The van der Waals surface area contributed by atoms with E-state index in [4.69, 9.17) is 28.4 Å². The number of nitrogens with zero attached hydrogens (tertiary/aromatic N) is 1. The van der Waals surface area contributed by atoms with E-state index in [1.807, 2.05) is 14.1 Å². The molecule has 0 amide bonds. The summed E-state index contributed by atoms with van der Waals surface area (Å²) in [4.78, 5) is 14.0. The van der Waals surface area contributed by atoms with Crippen molar-refractivity contribution in [1.82, 2.24) is 4.90 Å². The van der Waals surface area contributed by atoms with Gasteiger partial charge >= 0.3 is 5.97 Å². The maximum Gasteiger partial charge on any atom is 0.320 e. The zero-order chi connectivity index (χ0) is 37.7. The third kappa shape index (κ3) is 29.5. The van der Waals surface area contributed by atoms with Crippen LogP contribution >= 0.6 is 0 Å². The molecular formula is C43H85NO8. The predicted octanol–water partition coefficient (Wildman–Crippen LogP) is 9.79. The molecule has 1 unspecified atom stereocenters. The van der Waals surface area contributed by atoms with Gasteiger partial charge in [-0.15, -0.1) is 0 Å². The number of ether oxygens (including phenoxy) is 6. The molecule has 0 aliphatic carbocycles. The largest absolute Gasteiger partial charge is 0.462 e. The minimum absolute atomic E-state index is 0.0427. The van der Waals surface area contributed by atoms with Crippen LogP contribution in [0.15, 0.2) is 0 Å². The number of esters is 1. The summed E-state index contributed by atoms with van der Waals surface area (Å²) in [6.07, 6.45) is 29.2. The molecular weight excluding hydrogens is 658 g/mol. The minimum Gasteiger partial charge on any atom is -0.462 e. The highest BCUT2D eigenvalue weighted by Gasteiger charge is 2.46. The van der Waals surface area contributed by atoms with Crippen LogP contribution in [0.1, 0.15) is 181 Å². The second-order valence-corrected chi connectivity index (χ2v) is 15.4. The normalized spacial score (nSPS) is 18.9. The standard InChI is InChI=1S/C43H85NO8/c1-5-7-9-11-19-25-31-47-33-27-21-15-13-17-23-29-35-49-41-39(38-51-40(45)37-44(3)4)52-43(46)42(41)50-36-30-24-18-14-16-22-28-34-48-32-26-20-12-10-8-6-2/h39,41-43,46H,5-38H2,1-4H3/t39-,41?,42+,43-/m1/s1. The van der Waals surface area contributed by atoms with Crippen molar-refractivity contribution < 1.29 is 38.3 Å². The lowest BCUT2D eigenvalue weighted by atomic mass is 10.1. The van der Waals surface area contributed by atoms with Crippen LogP contribution in [0, 0.1) is 0 Å². The van der Waals surface area contributed by atoms with Crippen molar-refractivity contribution in [1.29, 1.82) is 0 Å². The number of likely N-dealkylation sites (N-methyl/N-ethyl adjacent to an activating group) is 1. The first-order chi connectivity index (χ1) is 25.5. The number of carbonyl (C=O) groups excluding carboxylic acids is 1. The highest BCUT2D eigenvalue weighted by Crippen LogP contribution is 2.27. The Hall–Kier alpha value is -0.810. The van der Waals surface area contributed by atoms with Crippen LogP contribution in [0.3, 0.4) is 0 Å². The van der Waals surface area contributed by atoms with Crippen LogP contribution in [-0.4, -0.2) is 107 Å².